The van der Waals surface area contributed by atoms with Gasteiger partial charge in [0, 0.05) is 19.6 Å². The Morgan fingerprint density at radius 1 is 1.35 bits per heavy atom. The van der Waals surface area contributed by atoms with E-state index in [1.54, 1.807) is 4.90 Å². The van der Waals surface area contributed by atoms with Gasteiger partial charge in [0.05, 0.1) is 19.8 Å². The van der Waals surface area contributed by atoms with Gasteiger partial charge in [0.25, 0.3) is 0 Å². The lowest BCUT2D eigenvalue weighted by Crippen LogP contribution is -2.46. The van der Waals surface area contributed by atoms with E-state index >= 15 is 0 Å². The Hall–Kier alpha value is -1.63. The van der Waals surface area contributed by atoms with Gasteiger partial charge < -0.3 is 19.5 Å². The van der Waals surface area contributed by atoms with Gasteiger partial charge in [-0.15, -0.1) is 0 Å². The predicted molar refractivity (Wildman–Crippen MR) is 87.6 cm³/mol. The van der Waals surface area contributed by atoms with Crippen LogP contribution in [0.4, 0.5) is 0 Å². The Morgan fingerprint density at radius 3 is 2.65 bits per heavy atom. The van der Waals surface area contributed by atoms with Crippen molar-refractivity contribution >= 4 is 5.91 Å². The van der Waals surface area contributed by atoms with E-state index in [2.05, 4.69) is 0 Å². The first-order chi connectivity index (χ1) is 11.0. The van der Waals surface area contributed by atoms with Crippen LogP contribution in [0.25, 0.3) is 0 Å². The highest BCUT2D eigenvalue weighted by Crippen LogP contribution is 2.11. The van der Waals surface area contributed by atoms with Crippen molar-refractivity contribution < 1.29 is 19.4 Å². The topological polar surface area (TPSA) is 62.2 Å². The molecule has 1 N–H and O–H groups in total. The highest BCUT2D eigenvalue weighted by molar-refractivity contribution is 5.78. The maximum Gasteiger partial charge on any atom is 0.236 e. The summed E-state index contributed by atoms with van der Waals surface area (Å²) in [5.41, 5.74) is 1.17. The number of nitrogens with zero attached hydrogens (tertiary/aromatic N) is 2. The maximum atomic E-state index is 12.1. The Bertz CT molecular complexity index is 486. The second-order valence-electron chi connectivity index (χ2n) is 5.97. The average Bonchev–Trinajstić information content (AvgIpc) is 2.55. The minimum Gasteiger partial charge on any atom is -0.491 e. The third kappa shape index (κ3) is 6.17. The summed E-state index contributed by atoms with van der Waals surface area (Å²) in [5.74, 6) is 0.809. The molecule has 0 spiro atoms. The molecule has 2 rings (SSSR count). The summed E-state index contributed by atoms with van der Waals surface area (Å²) in [7, 11) is 1.83. The largest absolute Gasteiger partial charge is 0.491 e. The number of hydrogen-bond donors (Lipinski definition) is 1. The van der Waals surface area contributed by atoms with E-state index in [0.717, 1.165) is 5.75 Å². The quantitative estimate of drug-likeness (QED) is 0.793. The summed E-state index contributed by atoms with van der Waals surface area (Å²) in [6, 6.07) is 7.70. The molecule has 1 aliphatic rings. The van der Waals surface area contributed by atoms with E-state index < -0.39 is 6.10 Å². The average molecular weight is 322 g/mol. The van der Waals surface area contributed by atoms with Crippen molar-refractivity contribution in [2.45, 2.75) is 13.0 Å². The first kappa shape index (κ1) is 17.7. The Labute approximate surface area is 137 Å². The normalized spacial score (nSPS) is 16.4. The van der Waals surface area contributed by atoms with Gasteiger partial charge in [-0.05, 0) is 26.1 Å². The highest BCUT2D eigenvalue weighted by atomic mass is 16.5. The van der Waals surface area contributed by atoms with Crippen molar-refractivity contribution in [3.63, 3.8) is 0 Å². The van der Waals surface area contributed by atoms with Crippen molar-refractivity contribution in [3.05, 3.63) is 29.8 Å². The molecule has 1 fully saturated rings. The third-order valence-corrected chi connectivity index (χ3v) is 3.75. The van der Waals surface area contributed by atoms with E-state index in [-0.39, 0.29) is 12.5 Å². The summed E-state index contributed by atoms with van der Waals surface area (Å²) in [5, 5.41) is 10.0. The molecule has 1 heterocycles. The molecule has 0 aromatic heterocycles. The highest BCUT2D eigenvalue weighted by Gasteiger charge is 2.19. The molecule has 6 heteroatoms. The van der Waals surface area contributed by atoms with Gasteiger partial charge >= 0.3 is 0 Å². The standard InChI is InChI=1S/C17H26N2O4/c1-14-3-5-16(6-4-14)23-13-15(20)11-18(2)12-17(21)19-7-9-22-10-8-19/h3-6,15,20H,7-13H2,1-2H3. The molecule has 1 unspecified atom stereocenters. The maximum absolute atomic E-state index is 12.1. The fourth-order valence-corrected chi connectivity index (χ4v) is 2.45. The summed E-state index contributed by atoms with van der Waals surface area (Å²) < 4.78 is 10.8. The Kier molecular flexibility index (Phi) is 6.83. The van der Waals surface area contributed by atoms with E-state index in [1.165, 1.54) is 5.56 Å². The molecule has 0 aliphatic carbocycles. The Morgan fingerprint density at radius 2 is 2.00 bits per heavy atom. The van der Waals surface area contributed by atoms with Crippen molar-refractivity contribution in [1.82, 2.24) is 9.80 Å². The van der Waals surface area contributed by atoms with Gasteiger partial charge in [-0.1, -0.05) is 17.7 Å². The van der Waals surface area contributed by atoms with Crippen molar-refractivity contribution in [3.8, 4) is 5.75 Å². The zero-order chi connectivity index (χ0) is 16.7. The van der Waals surface area contributed by atoms with Crippen LogP contribution in [-0.4, -0.2) is 80.0 Å². The van der Waals surface area contributed by atoms with Crippen molar-refractivity contribution in [1.29, 1.82) is 0 Å². The lowest BCUT2D eigenvalue weighted by Gasteiger charge is -2.29. The van der Waals surface area contributed by atoms with Crippen LogP contribution in [0.3, 0.4) is 0 Å². The summed E-state index contributed by atoms with van der Waals surface area (Å²) in [4.78, 5) is 15.7. The zero-order valence-corrected chi connectivity index (χ0v) is 13.9. The molecular formula is C17H26N2O4. The molecule has 0 saturated carbocycles. The first-order valence-corrected chi connectivity index (χ1v) is 7.96. The van der Waals surface area contributed by atoms with E-state index in [9.17, 15) is 9.90 Å². The molecule has 128 valence electrons. The molecular weight excluding hydrogens is 296 g/mol. The van der Waals surface area contributed by atoms with Crippen molar-refractivity contribution in [2.75, 3.05) is 53.0 Å². The molecule has 1 atom stereocenters. The van der Waals surface area contributed by atoms with E-state index in [0.29, 0.717) is 39.4 Å². The van der Waals surface area contributed by atoms with Gasteiger partial charge in [-0.3, -0.25) is 9.69 Å². The second-order valence-corrected chi connectivity index (χ2v) is 5.97. The number of morpholine rings is 1. The van der Waals surface area contributed by atoms with E-state index in [4.69, 9.17) is 9.47 Å². The van der Waals surface area contributed by atoms with Crippen LogP contribution in [0.1, 0.15) is 5.56 Å². The molecule has 1 aromatic rings. The fraction of sp³-hybridized carbons (Fsp3) is 0.588. The molecule has 23 heavy (non-hydrogen) atoms. The number of aliphatic hydroxyl groups is 1. The van der Waals surface area contributed by atoms with Crippen LogP contribution >= 0.6 is 0 Å². The number of rotatable bonds is 7. The van der Waals surface area contributed by atoms with Crippen LogP contribution in [-0.2, 0) is 9.53 Å². The number of carbonyl (C=O) groups is 1. The molecule has 1 amide bonds. The number of benzene rings is 1. The smallest absolute Gasteiger partial charge is 0.236 e. The third-order valence-electron chi connectivity index (χ3n) is 3.75. The fourth-order valence-electron chi connectivity index (χ4n) is 2.45. The van der Waals surface area contributed by atoms with Crippen molar-refractivity contribution in [2.24, 2.45) is 0 Å². The van der Waals surface area contributed by atoms with E-state index in [1.807, 2.05) is 43.1 Å². The zero-order valence-electron chi connectivity index (χ0n) is 13.9. The van der Waals surface area contributed by atoms with Gasteiger partial charge in [0.1, 0.15) is 18.5 Å². The van der Waals surface area contributed by atoms with Gasteiger partial charge in [-0.2, -0.15) is 0 Å². The number of carbonyl (C=O) groups excluding carboxylic acids is 1. The number of hydrogen-bond acceptors (Lipinski definition) is 5. The van der Waals surface area contributed by atoms with Crippen LogP contribution in [0, 0.1) is 6.92 Å². The van der Waals surface area contributed by atoms with Crippen LogP contribution < -0.4 is 4.74 Å². The molecule has 6 nitrogen and oxygen atoms in total. The number of amides is 1. The van der Waals surface area contributed by atoms with Crippen LogP contribution in [0.15, 0.2) is 24.3 Å². The molecule has 0 radical (unpaired) electrons. The summed E-state index contributed by atoms with van der Waals surface area (Å²) in [6.07, 6.45) is -0.640. The lowest BCUT2D eigenvalue weighted by molar-refractivity contribution is -0.136. The van der Waals surface area contributed by atoms with Gasteiger partial charge in [-0.25, -0.2) is 0 Å². The SMILES string of the molecule is Cc1ccc(OCC(O)CN(C)CC(=O)N2CCOCC2)cc1. The van der Waals surface area contributed by atoms with Crippen LogP contribution in [0.5, 0.6) is 5.75 Å². The lowest BCUT2D eigenvalue weighted by atomic mass is 10.2. The molecule has 1 saturated heterocycles. The summed E-state index contributed by atoms with van der Waals surface area (Å²) >= 11 is 0. The predicted octanol–water partition coefficient (Wildman–Crippen LogP) is 0.525. The molecule has 0 bridgehead atoms. The number of ether oxygens (including phenoxy) is 2. The van der Waals surface area contributed by atoms with Gasteiger partial charge in [0.2, 0.25) is 5.91 Å². The van der Waals surface area contributed by atoms with Crippen LogP contribution in [0.2, 0.25) is 0 Å². The second kappa shape index (κ2) is 8.86. The monoisotopic (exact) mass is 322 g/mol. The summed E-state index contributed by atoms with van der Waals surface area (Å²) in [6.45, 7) is 5.39. The number of likely N-dealkylation sites (N-methyl/N-ethyl adjacent to an activating group) is 1. The number of aryl methyl sites for hydroxylation is 1. The minimum atomic E-state index is -0.640. The minimum absolute atomic E-state index is 0.0717. The number of aliphatic hydroxyl groups excluding tert-OH is 1. The Balaban J connectivity index is 1.68. The molecule has 1 aliphatic heterocycles. The molecule has 1 aromatic carbocycles. The van der Waals surface area contributed by atoms with Gasteiger partial charge in [0.15, 0.2) is 0 Å². The first-order valence-electron chi connectivity index (χ1n) is 7.96.